The van der Waals surface area contributed by atoms with Crippen LogP contribution in [0.25, 0.3) is 0 Å². The van der Waals surface area contributed by atoms with Crippen LogP contribution in [0, 0.1) is 0 Å². The van der Waals surface area contributed by atoms with Crippen molar-refractivity contribution in [1.82, 2.24) is 4.98 Å². The average Bonchev–Trinajstić information content (AvgIpc) is 2.38. The molecule has 0 saturated carbocycles. The van der Waals surface area contributed by atoms with E-state index in [2.05, 4.69) is 16.9 Å². The first-order valence-electron chi connectivity index (χ1n) is 6.84. The van der Waals surface area contributed by atoms with Gasteiger partial charge >= 0.3 is 21.1 Å². The van der Waals surface area contributed by atoms with Crippen molar-refractivity contribution in [1.29, 1.82) is 0 Å². The first kappa shape index (κ1) is 25.1. The number of hydrogen-bond donors (Lipinski definition) is 0. The van der Waals surface area contributed by atoms with Crippen LogP contribution in [-0.2, 0) is 21.1 Å². The molecule has 0 fully saturated rings. The standard InChI is InChI=1S/C15H24N2.2ClH.Pt/c1-2-3-4-5-6-7-9-12-16-14-15-11-8-10-13-17-15;;;/h8,10-11,13-14H,2-7,9,12H2,1H3;2*1H;/q;;;+2/p-2. The van der Waals surface area contributed by atoms with Gasteiger partial charge in [0.05, 0.1) is 5.69 Å². The third-order valence-electron chi connectivity index (χ3n) is 2.80. The Morgan fingerprint density at radius 3 is 2.25 bits per heavy atom. The van der Waals surface area contributed by atoms with E-state index < -0.39 is 0 Å². The van der Waals surface area contributed by atoms with E-state index in [1.165, 1.54) is 44.9 Å². The van der Waals surface area contributed by atoms with Crippen molar-refractivity contribution < 1.29 is 45.9 Å². The monoisotopic (exact) mass is 497 g/mol. The molecule has 20 heavy (non-hydrogen) atoms. The summed E-state index contributed by atoms with van der Waals surface area (Å²) in [6.07, 6.45) is 13.0. The summed E-state index contributed by atoms with van der Waals surface area (Å²) in [7, 11) is 0. The van der Waals surface area contributed by atoms with Crippen LogP contribution in [0.4, 0.5) is 0 Å². The average molecular weight is 498 g/mol. The molecule has 1 heterocycles. The van der Waals surface area contributed by atoms with Crippen LogP contribution in [0.1, 0.15) is 57.6 Å². The van der Waals surface area contributed by atoms with Gasteiger partial charge in [-0.2, -0.15) is 0 Å². The molecular weight excluding hydrogens is 474 g/mol. The first-order valence-corrected chi connectivity index (χ1v) is 6.84. The molecule has 0 amide bonds. The van der Waals surface area contributed by atoms with Crippen molar-refractivity contribution in [3.05, 3.63) is 30.1 Å². The Morgan fingerprint density at radius 2 is 1.65 bits per heavy atom. The third-order valence-corrected chi connectivity index (χ3v) is 2.80. The van der Waals surface area contributed by atoms with Gasteiger partial charge in [-0.1, -0.05) is 51.5 Å². The van der Waals surface area contributed by atoms with Crippen molar-refractivity contribution in [3.63, 3.8) is 0 Å². The van der Waals surface area contributed by atoms with Crippen LogP contribution in [0.2, 0.25) is 0 Å². The van der Waals surface area contributed by atoms with Crippen LogP contribution in [0.15, 0.2) is 29.4 Å². The van der Waals surface area contributed by atoms with Gasteiger partial charge < -0.3 is 24.8 Å². The summed E-state index contributed by atoms with van der Waals surface area (Å²) in [5.74, 6) is 0. The molecule has 0 aliphatic heterocycles. The van der Waals surface area contributed by atoms with Crippen molar-refractivity contribution in [2.24, 2.45) is 4.99 Å². The summed E-state index contributed by atoms with van der Waals surface area (Å²) >= 11 is 0. The molecule has 0 radical (unpaired) electrons. The van der Waals surface area contributed by atoms with E-state index in [9.17, 15) is 0 Å². The second kappa shape index (κ2) is 19.1. The van der Waals surface area contributed by atoms with Gasteiger partial charge in [-0.3, -0.25) is 9.98 Å². The van der Waals surface area contributed by atoms with E-state index in [0.717, 1.165) is 12.2 Å². The second-order valence-corrected chi connectivity index (χ2v) is 4.41. The summed E-state index contributed by atoms with van der Waals surface area (Å²) in [5, 5.41) is 0. The Morgan fingerprint density at radius 1 is 1.00 bits per heavy atom. The SMILES string of the molecule is CCCCCCCCCN=Cc1ccccn1.[Cl-].[Cl-].[Pt+2]. The number of unbranched alkanes of at least 4 members (excludes halogenated alkanes) is 6. The smallest absolute Gasteiger partial charge is 1.00 e. The molecule has 118 valence electrons. The van der Waals surface area contributed by atoms with E-state index in [-0.39, 0.29) is 45.9 Å². The fraction of sp³-hybridized carbons (Fsp3) is 0.600. The van der Waals surface area contributed by atoms with Gasteiger partial charge in [0.2, 0.25) is 0 Å². The maximum atomic E-state index is 4.39. The molecule has 2 nitrogen and oxygen atoms in total. The van der Waals surface area contributed by atoms with Crippen LogP contribution in [0.5, 0.6) is 0 Å². The summed E-state index contributed by atoms with van der Waals surface area (Å²) < 4.78 is 0. The Balaban J connectivity index is -0.000000963. The molecule has 0 unspecified atom stereocenters. The van der Waals surface area contributed by atoms with E-state index in [4.69, 9.17) is 0 Å². The van der Waals surface area contributed by atoms with E-state index in [1.54, 1.807) is 6.20 Å². The second-order valence-electron chi connectivity index (χ2n) is 4.41. The summed E-state index contributed by atoms with van der Waals surface area (Å²) in [6, 6.07) is 5.89. The topological polar surface area (TPSA) is 25.2 Å². The van der Waals surface area contributed by atoms with E-state index in [0.29, 0.717) is 0 Å². The normalized spacial score (nSPS) is 9.45. The van der Waals surface area contributed by atoms with Crippen molar-refractivity contribution in [3.8, 4) is 0 Å². The molecule has 0 aromatic carbocycles. The fourth-order valence-electron chi connectivity index (χ4n) is 1.77. The maximum Gasteiger partial charge on any atom is 2.00 e. The van der Waals surface area contributed by atoms with E-state index >= 15 is 0 Å². The molecule has 0 N–H and O–H groups in total. The molecule has 0 aliphatic rings. The zero-order valence-corrected chi connectivity index (χ0v) is 15.8. The maximum absolute atomic E-state index is 4.39. The van der Waals surface area contributed by atoms with Gasteiger partial charge in [-0.25, -0.2) is 0 Å². The molecule has 0 bridgehead atoms. The van der Waals surface area contributed by atoms with Gasteiger partial charge in [0, 0.05) is 19.0 Å². The number of halogens is 2. The largest absolute Gasteiger partial charge is 2.00 e. The predicted molar refractivity (Wildman–Crippen MR) is 74.7 cm³/mol. The van der Waals surface area contributed by atoms with Gasteiger partial charge in [0.15, 0.2) is 0 Å². The molecule has 0 aliphatic carbocycles. The summed E-state index contributed by atoms with van der Waals surface area (Å²) in [6.45, 7) is 3.19. The molecule has 0 spiro atoms. The summed E-state index contributed by atoms with van der Waals surface area (Å²) in [5.41, 5.74) is 0.954. The number of nitrogens with zero attached hydrogens (tertiary/aromatic N) is 2. The third kappa shape index (κ3) is 14.5. The molecule has 0 atom stereocenters. The molecule has 1 rings (SSSR count). The fourth-order valence-corrected chi connectivity index (χ4v) is 1.77. The van der Waals surface area contributed by atoms with Gasteiger partial charge in [-0.15, -0.1) is 0 Å². The predicted octanol–water partition coefficient (Wildman–Crippen LogP) is -1.74. The van der Waals surface area contributed by atoms with E-state index in [1.807, 2.05) is 24.4 Å². The van der Waals surface area contributed by atoms with Crippen molar-refractivity contribution >= 4 is 6.21 Å². The Labute approximate surface area is 150 Å². The van der Waals surface area contributed by atoms with Crippen molar-refractivity contribution in [2.75, 3.05) is 6.54 Å². The Kier molecular flexibility index (Phi) is 23.9. The number of rotatable bonds is 9. The molecule has 5 heteroatoms. The first-order chi connectivity index (χ1) is 8.43. The van der Waals surface area contributed by atoms with Crippen LogP contribution in [0.3, 0.4) is 0 Å². The van der Waals surface area contributed by atoms with Crippen molar-refractivity contribution in [2.45, 2.75) is 51.9 Å². The number of aliphatic imine (C=N–C) groups is 1. The minimum absolute atomic E-state index is 0. The van der Waals surface area contributed by atoms with Gasteiger partial charge in [0.1, 0.15) is 0 Å². The number of aromatic nitrogens is 1. The van der Waals surface area contributed by atoms with Crippen LogP contribution in [-0.4, -0.2) is 17.7 Å². The van der Waals surface area contributed by atoms with Crippen LogP contribution >= 0.6 is 0 Å². The van der Waals surface area contributed by atoms with Gasteiger partial charge in [-0.05, 0) is 18.6 Å². The summed E-state index contributed by atoms with van der Waals surface area (Å²) in [4.78, 5) is 8.59. The van der Waals surface area contributed by atoms with Gasteiger partial charge in [0.25, 0.3) is 0 Å². The minimum Gasteiger partial charge on any atom is -1.00 e. The zero-order chi connectivity index (χ0) is 12.2. The number of hydrogen-bond acceptors (Lipinski definition) is 2. The Bertz CT molecular complexity index is 308. The Hall–Kier alpha value is 0.0883. The van der Waals surface area contributed by atoms with Crippen LogP contribution < -0.4 is 24.8 Å². The molecule has 1 aromatic rings. The molecular formula is C15H24Cl2N2Pt. The molecule has 1 aromatic heterocycles. The minimum atomic E-state index is 0. The quantitative estimate of drug-likeness (QED) is 0.293. The number of pyridine rings is 1. The zero-order valence-electron chi connectivity index (χ0n) is 12.0. The molecule has 0 saturated heterocycles.